The Morgan fingerprint density at radius 2 is 1.67 bits per heavy atom. The predicted octanol–water partition coefficient (Wildman–Crippen LogP) is 6.17. The average molecular weight is 456 g/mol. The van der Waals surface area contributed by atoms with Gasteiger partial charge >= 0.3 is 6.03 Å². The van der Waals surface area contributed by atoms with Crippen molar-refractivity contribution < 1.29 is 9.59 Å². The van der Waals surface area contributed by atoms with Crippen LogP contribution in [-0.2, 0) is 6.54 Å². The lowest BCUT2D eigenvalue weighted by molar-refractivity contribution is 0.103. The molecule has 33 heavy (non-hydrogen) atoms. The molecule has 1 N–H and O–H groups in total. The second-order valence-electron chi connectivity index (χ2n) is 7.97. The van der Waals surface area contributed by atoms with Gasteiger partial charge in [-0.1, -0.05) is 48.5 Å². The Morgan fingerprint density at radius 1 is 0.939 bits per heavy atom. The summed E-state index contributed by atoms with van der Waals surface area (Å²) in [5.74, 6) is -0.0449. The summed E-state index contributed by atoms with van der Waals surface area (Å²) < 4.78 is 0. The van der Waals surface area contributed by atoms with Crippen molar-refractivity contribution in [1.82, 2.24) is 10.3 Å². The van der Waals surface area contributed by atoms with Gasteiger partial charge in [0.25, 0.3) is 0 Å². The van der Waals surface area contributed by atoms with Crippen molar-refractivity contribution in [2.24, 2.45) is 0 Å². The monoisotopic (exact) mass is 455 g/mol. The highest BCUT2D eigenvalue weighted by Gasteiger charge is 2.18. The van der Waals surface area contributed by atoms with Crippen LogP contribution in [0.1, 0.15) is 35.3 Å². The zero-order chi connectivity index (χ0) is 23.2. The highest BCUT2D eigenvalue weighted by molar-refractivity contribution is 7.13. The van der Waals surface area contributed by atoms with Crippen LogP contribution in [0.25, 0.3) is 10.6 Å². The Labute approximate surface area is 197 Å². The number of ketones is 1. The van der Waals surface area contributed by atoms with E-state index in [1.807, 2.05) is 67.8 Å². The van der Waals surface area contributed by atoms with Gasteiger partial charge in [-0.2, -0.15) is 0 Å². The number of carbonyl (C=O) groups is 2. The van der Waals surface area contributed by atoms with E-state index in [1.54, 1.807) is 46.7 Å². The molecule has 0 spiro atoms. The number of benzene rings is 3. The van der Waals surface area contributed by atoms with Gasteiger partial charge in [-0.05, 0) is 49.7 Å². The Kier molecular flexibility index (Phi) is 6.95. The van der Waals surface area contributed by atoms with Crippen molar-refractivity contribution in [3.05, 3.63) is 107 Å². The number of hydrogen-bond donors (Lipinski definition) is 1. The van der Waals surface area contributed by atoms with Crippen molar-refractivity contribution in [2.45, 2.75) is 26.4 Å². The molecule has 0 aliphatic heterocycles. The van der Waals surface area contributed by atoms with E-state index in [0.717, 1.165) is 21.8 Å². The molecule has 1 aromatic heterocycles. The highest BCUT2D eigenvalue weighted by Crippen LogP contribution is 2.25. The van der Waals surface area contributed by atoms with Gasteiger partial charge in [0.2, 0.25) is 0 Å². The van der Waals surface area contributed by atoms with Gasteiger partial charge in [0, 0.05) is 40.0 Å². The molecule has 4 rings (SSSR count). The number of hydrogen-bond acceptors (Lipinski definition) is 4. The maximum atomic E-state index is 13.0. The van der Waals surface area contributed by atoms with Gasteiger partial charge in [-0.15, -0.1) is 11.3 Å². The second-order valence-corrected chi connectivity index (χ2v) is 8.86. The van der Waals surface area contributed by atoms with Crippen LogP contribution in [0.4, 0.5) is 10.5 Å². The maximum absolute atomic E-state index is 13.0. The summed E-state index contributed by atoms with van der Waals surface area (Å²) >= 11 is 1.58. The van der Waals surface area contributed by atoms with Gasteiger partial charge in [-0.25, -0.2) is 9.78 Å². The molecule has 1 heterocycles. The molecule has 2 amide bonds. The normalized spacial score (nSPS) is 10.8. The fourth-order valence-corrected chi connectivity index (χ4v) is 4.14. The Hall–Kier alpha value is -3.77. The smallest absolute Gasteiger partial charge is 0.322 e. The Bertz CT molecular complexity index is 1220. The van der Waals surface area contributed by atoms with Crippen LogP contribution in [0.15, 0.2) is 90.4 Å². The summed E-state index contributed by atoms with van der Waals surface area (Å²) in [6.45, 7) is 4.26. The molecule has 0 fully saturated rings. The first-order chi connectivity index (χ1) is 16.0. The molecule has 0 unspecified atom stereocenters. The fraction of sp³-hybridized carbons (Fsp3) is 0.148. The third-order valence-electron chi connectivity index (χ3n) is 5.08. The zero-order valence-corrected chi connectivity index (χ0v) is 19.4. The Balaban J connectivity index is 1.60. The third kappa shape index (κ3) is 5.54. The van der Waals surface area contributed by atoms with Crippen LogP contribution in [0.2, 0.25) is 0 Å². The standard InChI is InChI=1S/C27H25N3O2S/c1-19(2)29-27(32)30(18-20-7-6-10-23(17-20)26-28-15-16-33-26)24-13-11-22(12-14-24)25(31)21-8-4-3-5-9-21/h3-17,19H,18H2,1-2H3,(H,29,32). The number of amides is 2. The molecular weight excluding hydrogens is 430 g/mol. The fourth-order valence-electron chi connectivity index (χ4n) is 3.51. The SMILES string of the molecule is CC(C)NC(=O)N(Cc1cccc(-c2nccs2)c1)c1ccc(C(=O)c2ccccc2)cc1. The van der Waals surface area contributed by atoms with Gasteiger partial charge in [0.15, 0.2) is 5.78 Å². The highest BCUT2D eigenvalue weighted by atomic mass is 32.1. The number of urea groups is 1. The van der Waals surface area contributed by atoms with Crippen LogP contribution < -0.4 is 10.2 Å². The van der Waals surface area contributed by atoms with E-state index in [1.165, 1.54) is 0 Å². The van der Waals surface area contributed by atoms with Crippen LogP contribution in [0.3, 0.4) is 0 Å². The third-order valence-corrected chi connectivity index (χ3v) is 5.90. The topological polar surface area (TPSA) is 62.3 Å². The summed E-state index contributed by atoms with van der Waals surface area (Å²) in [7, 11) is 0. The number of aromatic nitrogens is 1. The number of thiazole rings is 1. The lowest BCUT2D eigenvalue weighted by Gasteiger charge is -2.25. The van der Waals surface area contributed by atoms with Crippen LogP contribution in [0, 0.1) is 0 Å². The van der Waals surface area contributed by atoms with Crippen LogP contribution >= 0.6 is 11.3 Å². The molecule has 0 atom stereocenters. The lowest BCUT2D eigenvalue weighted by Crippen LogP contribution is -2.42. The first-order valence-electron chi connectivity index (χ1n) is 10.8. The molecule has 5 nitrogen and oxygen atoms in total. The van der Waals surface area contributed by atoms with Crippen molar-refractivity contribution in [3.63, 3.8) is 0 Å². The minimum Gasteiger partial charge on any atom is -0.336 e. The van der Waals surface area contributed by atoms with Gasteiger partial charge in [-0.3, -0.25) is 9.69 Å². The molecule has 0 radical (unpaired) electrons. The Morgan fingerprint density at radius 3 is 2.33 bits per heavy atom. The summed E-state index contributed by atoms with van der Waals surface area (Å²) in [6, 6.07) is 24.2. The number of nitrogens with one attached hydrogen (secondary N) is 1. The quantitative estimate of drug-likeness (QED) is 0.339. The molecule has 0 bridgehead atoms. The van der Waals surface area contributed by atoms with E-state index in [0.29, 0.717) is 17.7 Å². The first kappa shape index (κ1) is 22.4. The number of anilines is 1. The summed E-state index contributed by atoms with van der Waals surface area (Å²) in [5, 5.41) is 5.87. The molecular formula is C27H25N3O2S. The number of carbonyl (C=O) groups excluding carboxylic acids is 2. The van der Waals surface area contributed by atoms with E-state index in [-0.39, 0.29) is 17.9 Å². The van der Waals surface area contributed by atoms with Gasteiger partial charge < -0.3 is 5.32 Å². The van der Waals surface area contributed by atoms with E-state index in [4.69, 9.17) is 0 Å². The molecule has 0 saturated carbocycles. The molecule has 166 valence electrons. The summed E-state index contributed by atoms with van der Waals surface area (Å²) in [5.41, 5.74) is 3.96. The second kappa shape index (κ2) is 10.2. The summed E-state index contributed by atoms with van der Waals surface area (Å²) in [4.78, 5) is 31.9. The van der Waals surface area contributed by atoms with Crippen LogP contribution in [0.5, 0.6) is 0 Å². The van der Waals surface area contributed by atoms with E-state index in [2.05, 4.69) is 16.4 Å². The van der Waals surface area contributed by atoms with Crippen molar-refractivity contribution in [3.8, 4) is 10.6 Å². The van der Waals surface area contributed by atoms with E-state index >= 15 is 0 Å². The molecule has 3 aromatic carbocycles. The maximum Gasteiger partial charge on any atom is 0.322 e. The first-order valence-corrected chi connectivity index (χ1v) is 11.7. The predicted molar refractivity (Wildman–Crippen MR) is 134 cm³/mol. The van der Waals surface area contributed by atoms with Gasteiger partial charge in [0.1, 0.15) is 5.01 Å². The van der Waals surface area contributed by atoms with Crippen molar-refractivity contribution >= 4 is 28.8 Å². The molecule has 0 saturated heterocycles. The number of nitrogens with zero attached hydrogens (tertiary/aromatic N) is 2. The van der Waals surface area contributed by atoms with E-state index in [9.17, 15) is 9.59 Å². The largest absolute Gasteiger partial charge is 0.336 e. The minimum atomic E-state index is -0.188. The number of rotatable bonds is 7. The molecule has 4 aromatic rings. The minimum absolute atomic E-state index is 0.000541. The molecule has 6 heteroatoms. The van der Waals surface area contributed by atoms with Crippen molar-refractivity contribution in [1.29, 1.82) is 0 Å². The van der Waals surface area contributed by atoms with E-state index < -0.39 is 0 Å². The lowest BCUT2D eigenvalue weighted by atomic mass is 10.0. The van der Waals surface area contributed by atoms with Crippen LogP contribution in [-0.4, -0.2) is 22.8 Å². The zero-order valence-electron chi connectivity index (χ0n) is 18.6. The molecule has 0 aliphatic carbocycles. The van der Waals surface area contributed by atoms with Gasteiger partial charge in [0.05, 0.1) is 6.54 Å². The average Bonchev–Trinajstić information content (AvgIpc) is 3.38. The molecule has 0 aliphatic rings. The van der Waals surface area contributed by atoms with Crippen molar-refractivity contribution in [2.75, 3.05) is 4.90 Å². The summed E-state index contributed by atoms with van der Waals surface area (Å²) in [6.07, 6.45) is 1.79.